The van der Waals surface area contributed by atoms with Crippen LogP contribution >= 0.6 is 0 Å². The minimum atomic E-state index is -0.189. The molecule has 0 fully saturated rings. The summed E-state index contributed by atoms with van der Waals surface area (Å²) in [4.78, 5) is 16.8. The van der Waals surface area contributed by atoms with Gasteiger partial charge in [0, 0.05) is 50.9 Å². The molecule has 2 aromatic rings. The molecule has 1 amide bonds. The number of hydrogen-bond acceptors (Lipinski definition) is 5. The Balaban J connectivity index is 1.83. The number of hydrogen-bond donors (Lipinski definition) is 3. The maximum Gasteiger partial charge on any atom is 0.287 e. The van der Waals surface area contributed by atoms with Crippen LogP contribution in [0.15, 0.2) is 39.9 Å². The third-order valence-corrected chi connectivity index (χ3v) is 4.72. The summed E-state index contributed by atoms with van der Waals surface area (Å²) < 4.78 is 16.2. The van der Waals surface area contributed by atoms with Gasteiger partial charge in [-0.2, -0.15) is 0 Å². The lowest BCUT2D eigenvalue weighted by atomic mass is 10.1. The number of nitrogens with one attached hydrogen (secondary N) is 3. The van der Waals surface area contributed by atoms with Crippen LogP contribution in [-0.4, -0.2) is 51.8 Å². The van der Waals surface area contributed by atoms with E-state index in [0.717, 1.165) is 47.8 Å². The predicted molar refractivity (Wildman–Crippen MR) is 126 cm³/mol. The Labute approximate surface area is 190 Å². The monoisotopic (exact) mass is 444 g/mol. The molecule has 1 aromatic carbocycles. The molecule has 0 aliphatic carbocycles. The van der Waals surface area contributed by atoms with Gasteiger partial charge in [-0.25, -0.2) is 4.99 Å². The van der Waals surface area contributed by atoms with Crippen molar-refractivity contribution < 1.29 is 18.7 Å². The Hall–Kier alpha value is -3.00. The molecule has 1 aromatic heterocycles. The van der Waals surface area contributed by atoms with Crippen molar-refractivity contribution in [3.63, 3.8) is 0 Å². The lowest BCUT2D eigenvalue weighted by Gasteiger charge is -2.14. The van der Waals surface area contributed by atoms with Crippen LogP contribution in [0.25, 0.3) is 0 Å². The largest absolute Gasteiger partial charge is 0.493 e. The van der Waals surface area contributed by atoms with Crippen LogP contribution in [0.2, 0.25) is 0 Å². The topological polar surface area (TPSA) is 97.1 Å². The molecule has 0 unspecified atom stereocenters. The summed E-state index contributed by atoms with van der Waals surface area (Å²) >= 11 is 0. The fraction of sp³-hybridized carbons (Fsp3) is 0.500. The first-order valence-electron chi connectivity index (χ1n) is 11.1. The first-order chi connectivity index (χ1) is 15.5. The quantitative estimate of drug-likeness (QED) is 0.249. The second-order valence-corrected chi connectivity index (χ2v) is 7.47. The predicted octanol–water partition coefficient (Wildman–Crippen LogP) is 3.19. The summed E-state index contributed by atoms with van der Waals surface area (Å²) in [6, 6.07) is 7.94. The van der Waals surface area contributed by atoms with Gasteiger partial charge >= 0.3 is 0 Å². The molecule has 0 aliphatic rings. The second kappa shape index (κ2) is 14.1. The Morgan fingerprint density at radius 1 is 1.06 bits per heavy atom. The Morgan fingerprint density at radius 2 is 1.88 bits per heavy atom. The number of ether oxygens (including phenoxy) is 2. The zero-order valence-electron chi connectivity index (χ0n) is 19.6. The van der Waals surface area contributed by atoms with Gasteiger partial charge in [-0.15, -0.1) is 0 Å². The number of benzene rings is 1. The highest BCUT2D eigenvalue weighted by atomic mass is 16.5. The van der Waals surface area contributed by atoms with Crippen LogP contribution in [0.5, 0.6) is 5.75 Å². The molecule has 32 heavy (non-hydrogen) atoms. The third kappa shape index (κ3) is 8.63. The first kappa shape index (κ1) is 25.3. The standard InChI is InChI=1S/C24H36N4O4/c1-5-25-24(27-12-6-11-26-23(29)22-19(3)10-15-32-22)28-17-20-9-8-18(2)16-21(20)31-14-7-13-30-4/h8-10,15-16H,5-7,11-14,17H2,1-4H3,(H,26,29)(H2,25,27,28). The van der Waals surface area contributed by atoms with Gasteiger partial charge < -0.3 is 29.8 Å². The summed E-state index contributed by atoms with van der Waals surface area (Å²) in [6.45, 7) is 9.69. The molecule has 0 saturated heterocycles. The van der Waals surface area contributed by atoms with E-state index >= 15 is 0 Å². The maximum atomic E-state index is 12.1. The van der Waals surface area contributed by atoms with Crippen molar-refractivity contribution in [2.24, 2.45) is 4.99 Å². The molecule has 2 rings (SSSR count). The van der Waals surface area contributed by atoms with Crippen molar-refractivity contribution in [3.8, 4) is 5.75 Å². The SMILES string of the molecule is CCNC(=NCc1ccc(C)cc1OCCCOC)NCCCNC(=O)c1occc1C. The molecule has 0 bridgehead atoms. The molecule has 8 nitrogen and oxygen atoms in total. The van der Waals surface area contributed by atoms with E-state index in [4.69, 9.17) is 18.9 Å². The van der Waals surface area contributed by atoms with Gasteiger partial charge in [0.05, 0.1) is 19.4 Å². The van der Waals surface area contributed by atoms with Gasteiger partial charge in [-0.05, 0) is 44.9 Å². The maximum absolute atomic E-state index is 12.1. The number of carbonyl (C=O) groups is 1. The van der Waals surface area contributed by atoms with E-state index in [2.05, 4.69) is 28.1 Å². The number of carbonyl (C=O) groups excluding carboxylic acids is 1. The number of rotatable bonds is 13. The lowest BCUT2D eigenvalue weighted by molar-refractivity contribution is 0.0925. The molecule has 176 valence electrons. The molecule has 8 heteroatoms. The zero-order valence-corrected chi connectivity index (χ0v) is 19.6. The van der Waals surface area contributed by atoms with Crippen LogP contribution < -0.4 is 20.7 Å². The summed E-state index contributed by atoms with van der Waals surface area (Å²) in [5.74, 6) is 1.76. The highest BCUT2D eigenvalue weighted by Crippen LogP contribution is 2.21. The fourth-order valence-electron chi connectivity index (χ4n) is 3.00. The number of furan rings is 1. The number of methoxy groups -OCH3 is 1. The number of guanidine groups is 1. The molecule has 0 saturated carbocycles. The second-order valence-electron chi connectivity index (χ2n) is 7.47. The molecular weight excluding hydrogens is 408 g/mol. The smallest absolute Gasteiger partial charge is 0.287 e. The van der Waals surface area contributed by atoms with Gasteiger partial charge in [0.15, 0.2) is 11.7 Å². The zero-order chi connectivity index (χ0) is 23.2. The highest BCUT2D eigenvalue weighted by molar-refractivity contribution is 5.92. The molecular formula is C24H36N4O4. The van der Waals surface area contributed by atoms with E-state index < -0.39 is 0 Å². The van der Waals surface area contributed by atoms with Gasteiger partial charge in [-0.1, -0.05) is 12.1 Å². The molecule has 0 spiro atoms. The Bertz CT molecular complexity index is 863. The number of amides is 1. The molecule has 1 heterocycles. The summed E-state index contributed by atoms with van der Waals surface area (Å²) in [7, 11) is 1.69. The average Bonchev–Trinajstić information content (AvgIpc) is 3.21. The highest BCUT2D eigenvalue weighted by Gasteiger charge is 2.11. The van der Waals surface area contributed by atoms with Crippen LogP contribution in [0.4, 0.5) is 0 Å². The van der Waals surface area contributed by atoms with Gasteiger partial charge in [0.2, 0.25) is 0 Å². The minimum absolute atomic E-state index is 0.189. The van der Waals surface area contributed by atoms with Crippen LogP contribution in [0.3, 0.4) is 0 Å². The average molecular weight is 445 g/mol. The molecule has 0 radical (unpaired) electrons. The van der Waals surface area contributed by atoms with Crippen molar-refractivity contribution in [1.29, 1.82) is 0 Å². The first-order valence-corrected chi connectivity index (χ1v) is 11.1. The molecule has 0 aliphatic heterocycles. The van der Waals surface area contributed by atoms with E-state index in [1.54, 1.807) is 13.2 Å². The van der Waals surface area contributed by atoms with E-state index in [-0.39, 0.29) is 5.91 Å². The number of aliphatic imine (C=N–C) groups is 1. The van der Waals surface area contributed by atoms with Crippen LogP contribution in [-0.2, 0) is 11.3 Å². The summed E-state index contributed by atoms with van der Waals surface area (Å²) in [5.41, 5.74) is 3.02. The number of aryl methyl sites for hydroxylation is 2. The normalized spacial score (nSPS) is 11.3. The van der Waals surface area contributed by atoms with Gasteiger partial charge in [-0.3, -0.25) is 4.79 Å². The van der Waals surface area contributed by atoms with Crippen molar-refractivity contribution in [1.82, 2.24) is 16.0 Å². The Kier molecular flexibility index (Phi) is 11.2. The van der Waals surface area contributed by atoms with Crippen LogP contribution in [0, 0.1) is 13.8 Å². The van der Waals surface area contributed by atoms with Gasteiger partial charge in [0.25, 0.3) is 5.91 Å². The van der Waals surface area contributed by atoms with Gasteiger partial charge in [0.1, 0.15) is 5.75 Å². The minimum Gasteiger partial charge on any atom is -0.493 e. The lowest BCUT2D eigenvalue weighted by Crippen LogP contribution is -2.38. The summed E-state index contributed by atoms with van der Waals surface area (Å²) in [5, 5.41) is 9.43. The third-order valence-electron chi connectivity index (χ3n) is 4.72. The Morgan fingerprint density at radius 3 is 2.59 bits per heavy atom. The van der Waals surface area contributed by atoms with E-state index in [1.165, 1.54) is 6.26 Å². The van der Waals surface area contributed by atoms with E-state index in [9.17, 15) is 4.79 Å². The fourth-order valence-corrected chi connectivity index (χ4v) is 3.00. The van der Waals surface area contributed by atoms with Crippen molar-refractivity contribution in [3.05, 3.63) is 53.0 Å². The van der Waals surface area contributed by atoms with Crippen molar-refractivity contribution in [2.45, 2.75) is 40.2 Å². The summed E-state index contributed by atoms with van der Waals surface area (Å²) in [6.07, 6.45) is 3.12. The molecule has 3 N–H and O–H groups in total. The van der Waals surface area contributed by atoms with E-state index in [1.807, 2.05) is 26.8 Å². The number of nitrogens with zero attached hydrogens (tertiary/aromatic N) is 1. The van der Waals surface area contributed by atoms with Crippen LogP contribution in [0.1, 0.15) is 47.0 Å². The van der Waals surface area contributed by atoms with E-state index in [0.29, 0.717) is 38.6 Å². The van der Waals surface area contributed by atoms with Crippen molar-refractivity contribution in [2.75, 3.05) is 40.0 Å². The van der Waals surface area contributed by atoms with Crippen molar-refractivity contribution >= 4 is 11.9 Å². The molecule has 0 atom stereocenters.